The van der Waals surface area contributed by atoms with Crippen molar-refractivity contribution in [2.24, 2.45) is 0 Å². The van der Waals surface area contributed by atoms with Crippen LogP contribution in [0.15, 0.2) is 35.3 Å². The molecule has 0 fully saturated rings. The fourth-order valence-electron chi connectivity index (χ4n) is 1.26. The number of nitrogens with zero attached hydrogens (tertiary/aromatic N) is 2. The Bertz CT molecular complexity index is 547. The smallest absolute Gasteiger partial charge is 0.295 e. The largest absolute Gasteiger partial charge is 0.423 e. The van der Waals surface area contributed by atoms with Crippen molar-refractivity contribution in [3.8, 4) is 0 Å². The topological polar surface area (TPSA) is 81.2 Å². The van der Waals surface area contributed by atoms with Crippen molar-refractivity contribution in [3.05, 3.63) is 41.0 Å². The molecule has 0 aliphatic heterocycles. The number of rotatable bonds is 4. The van der Waals surface area contributed by atoms with Gasteiger partial charge in [0.05, 0.1) is 11.0 Å². The van der Waals surface area contributed by atoms with E-state index >= 15 is 0 Å². The van der Waals surface area contributed by atoms with E-state index in [0.717, 1.165) is 0 Å². The fourth-order valence-corrected chi connectivity index (χ4v) is 1.26. The van der Waals surface area contributed by atoms with Crippen LogP contribution in [0.1, 0.15) is 0 Å². The van der Waals surface area contributed by atoms with Crippen molar-refractivity contribution in [2.45, 2.75) is 0 Å². The van der Waals surface area contributed by atoms with Crippen LogP contribution in [0.4, 0.5) is 11.7 Å². The van der Waals surface area contributed by atoms with E-state index in [1.807, 2.05) is 0 Å². The summed E-state index contributed by atoms with van der Waals surface area (Å²) in [5, 5.41) is 13.4. The molecule has 6 heteroatoms. The van der Waals surface area contributed by atoms with Crippen molar-refractivity contribution in [3.63, 3.8) is 0 Å². The number of anilines is 1. The summed E-state index contributed by atoms with van der Waals surface area (Å²) in [5.41, 5.74) is 0.955. The Morgan fingerprint density at radius 3 is 3.12 bits per heavy atom. The van der Waals surface area contributed by atoms with Crippen molar-refractivity contribution in [1.82, 2.24) is 4.98 Å². The predicted octanol–water partition coefficient (Wildman–Crippen LogP) is 2.33. The van der Waals surface area contributed by atoms with Crippen LogP contribution < -0.4 is 5.32 Å². The van der Waals surface area contributed by atoms with Crippen LogP contribution in [0, 0.1) is 10.1 Å². The number of benzene rings is 1. The van der Waals surface area contributed by atoms with Gasteiger partial charge in [-0.2, -0.15) is 4.98 Å². The molecule has 1 N–H and O–H groups in total. The first-order chi connectivity index (χ1) is 7.70. The third kappa shape index (κ3) is 1.85. The third-order valence-corrected chi connectivity index (χ3v) is 1.98. The molecule has 1 aromatic carbocycles. The molecule has 0 unspecified atom stereocenters. The number of non-ortho nitro benzene ring substituents is 1. The standard InChI is InChI=1S/C10H9N3O3/c1-2-5-11-10-12-8-4-3-7(13(14)15)6-9(8)16-10/h2-4,6H,1,5H2,(H,11,12). The number of fused-ring (bicyclic) bond motifs is 1. The zero-order valence-electron chi connectivity index (χ0n) is 8.34. The minimum Gasteiger partial charge on any atom is -0.423 e. The number of oxazole rings is 1. The van der Waals surface area contributed by atoms with E-state index < -0.39 is 4.92 Å². The maximum atomic E-state index is 10.5. The van der Waals surface area contributed by atoms with E-state index in [-0.39, 0.29) is 5.69 Å². The number of nitro groups is 1. The lowest BCUT2D eigenvalue weighted by molar-refractivity contribution is -0.384. The van der Waals surface area contributed by atoms with E-state index in [2.05, 4.69) is 16.9 Å². The van der Waals surface area contributed by atoms with Gasteiger partial charge in [0, 0.05) is 12.6 Å². The minimum absolute atomic E-state index is 0.0149. The molecule has 0 spiro atoms. The van der Waals surface area contributed by atoms with E-state index in [1.54, 1.807) is 12.1 Å². The molecule has 6 nitrogen and oxygen atoms in total. The monoisotopic (exact) mass is 219 g/mol. The molecule has 0 amide bonds. The zero-order chi connectivity index (χ0) is 11.5. The Labute approximate surface area is 90.7 Å². The van der Waals surface area contributed by atoms with Gasteiger partial charge >= 0.3 is 0 Å². The molecule has 1 heterocycles. The maximum absolute atomic E-state index is 10.5. The summed E-state index contributed by atoms with van der Waals surface area (Å²) >= 11 is 0. The summed E-state index contributed by atoms with van der Waals surface area (Å²) in [6.07, 6.45) is 1.66. The lowest BCUT2D eigenvalue weighted by atomic mass is 10.3. The van der Waals surface area contributed by atoms with Gasteiger partial charge in [-0.25, -0.2) is 0 Å². The lowest BCUT2D eigenvalue weighted by Crippen LogP contribution is -1.96. The van der Waals surface area contributed by atoms with Crippen molar-refractivity contribution >= 4 is 22.8 Å². The van der Waals surface area contributed by atoms with Crippen molar-refractivity contribution < 1.29 is 9.34 Å². The Morgan fingerprint density at radius 1 is 1.62 bits per heavy atom. The minimum atomic E-state index is -0.473. The highest BCUT2D eigenvalue weighted by molar-refractivity contribution is 5.77. The van der Waals surface area contributed by atoms with Gasteiger partial charge in [0.25, 0.3) is 11.7 Å². The number of hydrogen-bond donors (Lipinski definition) is 1. The highest BCUT2D eigenvalue weighted by Crippen LogP contribution is 2.23. The molecule has 16 heavy (non-hydrogen) atoms. The second kappa shape index (κ2) is 4.01. The number of aromatic nitrogens is 1. The number of hydrogen-bond acceptors (Lipinski definition) is 5. The molecule has 0 aliphatic carbocycles. The van der Waals surface area contributed by atoms with Crippen LogP contribution in [0.5, 0.6) is 0 Å². The Hall–Kier alpha value is -2.37. The van der Waals surface area contributed by atoms with Gasteiger partial charge in [0.2, 0.25) is 0 Å². The van der Waals surface area contributed by atoms with E-state index in [9.17, 15) is 10.1 Å². The molecular weight excluding hydrogens is 210 g/mol. The van der Waals surface area contributed by atoms with Crippen LogP contribution in [0.3, 0.4) is 0 Å². The normalized spacial score (nSPS) is 10.2. The Kier molecular flexibility index (Phi) is 2.55. The fraction of sp³-hybridized carbons (Fsp3) is 0.100. The Morgan fingerprint density at radius 2 is 2.44 bits per heavy atom. The molecular formula is C10H9N3O3. The second-order valence-electron chi connectivity index (χ2n) is 3.10. The third-order valence-electron chi connectivity index (χ3n) is 1.98. The van der Waals surface area contributed by atoms with Crippen LogP contribution >= 0.6 is 0 Å². The summed E-state index contributed by atoms with van der Waals surface area (Å²) < 4.78 is 5.29. The highest BCUT2D eigenvalue weighted by atomic mass is 16.6. The van der Waals surface area contributed by atoms with Crippen LogP contribution in [-0.4, -0.2) is 16.5 Å². The molecule has 2 aromatic rings. The van der Waals surface area contributed by atoms with Gasteiger partial charge in [-0.05, 0) is 6.07 Å². The van der Waals surface area contributed by atoms with Crippen LogP contribution in [0.25, 0.3) is 11.1 Å². The van der Waals surface area contributed by atoms with Gasteiger partial charge in [0.1, 0.15) is 5.52 Å². The van der Waals surface area contributed by atoms with Crippen LogP contribution in [0.2, 0.25) is 0 Å². The van der Waals surface area contributed by atoms with E-state index in [1.165, 1.54) is 12.1 Å². The molecule has 82 valence electrons. The van der Waals surface area contributed by atoms with E-state index in [4.69, 9.17) is 4.42 Å². The molecule has 0 saturated carbocycles. The molecule has 0 atom stereocenters. The molecule has 0 saturated heterocycles. The maximum Gasteiger partial charge on any atom is 0.295 e. The van der Waals surface area contributed by atoms with Gasteiger partial charge in [0.15, 0.2) is 5.58 Å². The van der Waals surface area contributed by atoms with Crippen molar-refractivity contribution in [1.29, 1.82) is 0 Å². The first kappa shape index (κ1) is 10.2. The predicted molar refractivity (Wildman–Crippen MR) is 59.4 cm³/mol. The summed E-state index contributed by atoms with van der Waals surface area (Å²) in [7, 11) is 0. The molecule has 1 aromatic heterocycles. The van der Waals surface area contributed by atoms with Gasteiger partial charge in [-0.3, -0.25) is 10.1 Å². The van der Waals surface area contributed by atoms with Gasteiger partial charge in [-0.1, -0.05) is 6.08 Å². The summed E-state index contributed by atoms with van der Waals surface area (Å²) in [4.78, 5) is 14.2. The average molecular weight is 219 g/mol. The summed E-state index contributed by atoms with van der Waals surface area (Å²) in [6.45, 7) is 4.07. The summed E-state index contributed by atoms with van der Waals surface area (Å²) in [6, 6.07) is 4.62. The Balaban J connectivity index is 2.37. The number of nitro benzene ring substituents is 1. The molecule has 0 bridgehead atoms. The SMILES string of the molecule is C=CCNc1nc2ccc([N+](=O)[O-])cc2o1. The van der Waals surface area contributed by atoms with E-state index in [0.29, 0.717) is 23.7 Å². The molecule has 2 rings (SSSR count). The number of nitrogens with one attached hydrogen (secondary N) is 1. The van der Waals surface area contributed by atoms with Gasteiger partial charge < -0.3 is 9.73 Å². The lowest BCUT2D eigenvalue weighted by Gasteiger charge is -1.92. The molecule has 0 aliphatic rings. The average Bonchev–Trinajstić information content (AvgIpc) is 2.67. The molecule has 0 radical (unpaired) electrons. The highest BCUT2D eigenvalue weighted by Gasteiger charge is 2.10. The quantitative estimate of drug-likeness (QED) is 0.484. The van der Waals surface area contributed by atoms with Crippen LogP contribution in [-0.2, 0) is 0 Å². The zero-order valence-corrected chi connectivity index (χ0v) is 8.34. The first-order valence-corrected chi connectivity index (χ1v) is 4.60. The second-order valence-corrected chi connectivity index (χ2v) is 3.10. The first-order valence-electron chi connectivity index (χ1n) is 4.60. The van der Waals surface area contributed by atoms with Gasteiger partial charge in [-0.15, -0.1) is 6.58 Å². The summed E-state index contributed by atoms with van der Waals surface area (Å²) in [5.74, 6) is 0. The van der Waals surface area contributed by atoms with Crippen molar-refractivity contribution in [2.75, 3.05) is 11.9 Å².